The molecule has 1 aromatic heterocycles. The maximum Gasteiger partial charge on any atom is 0.209 e. The van der Waals surface area contributed by atoms with Crippen LogP contribution >= 0.6 is 11.8 Å². The summed E-state index contributed by atoms with van der Waals surface area (Å²) in [5, 5.41) is 12.5. The number of rotatable bonds is 4. The highest BCUT2D eigenvalue weighted by atomic mass is 32.2. The summed E-state index contributed by atoms with van der Waals surface area (Å²) in [6.45, 7) is 3.76. The maximum absolute atomic E-state index is 5.53. The molecular formula is C8H14N4OS. The fourth-order valence-corrected chi connectivity index (χ4v) is 2.14. The molecule has 1 aliphatic heterocycles. The topological polar surface area (TPSA) is 52.8 Å². The minimum Gasteiger partial charge on any atom is -0.376 e. The van der Waals surface area contributed by atoms with Gasteiger partial charge in [-0.1, -0.05) is 18.7 Å². The van der Waals surface area contributed by atoms with E-state index in [1.165, 1.54) is 0 Å². The second kappa shape index (κ2) is 4.75. The third kappa shape index (κ3) is 2.24. The molecule has 2 rings (SSSR count). The van der Waals surface area contributed by atoms with Gasteiger partial charge in [0.05, 0.1) is 12.6 Å². The van der Waals surface area contributed by atoms with Crippen molar-refractivity contribution >= 4 is 11.8 Å². The minimum atomic E-state index is 0.301. The molecule has 5 nitrogen and oxygen atoms in total. The predicted molar refractivity (Wildman–Crippen MR) is 53.2 cm³/mol. The van der Waals surface area contributed by atoms with Crippen molar-refractivity contribution in [3.63, 3.8) is 0 Å². The monoisotopic (exact) mass is 214 g/mol. The molecule has 0 aliphatic carbocycles. The molecule has 1 fully saturated rings. The van der Waals surface area contributed by atoms with Gasteiger partial charge in [0.2, 0.25) is 5.16 Å². The van der Waals surface area contributed by atoms with E-state index in [2.05, 4.69) is 22.4 Å². The van der Waals surface area contributed by atoms with E-state index < -0.39 is 0 Å². The van der Waals surface area contributed by atoms with Gasteiger partial charge in [-0.25, -0.2) is 4.68 Å². The van der Waals surface area contributed by atoms with Crippen LogP contribution in [0.25, 0.3) is 0 Å². The Balaban J connectivity index is 1.96. The summed E-state index contributed by atoms with van der Waals surface area (Å²) in [5.41, 5.74) is 0. The summed E-state index contributed by atoms with van der Waals surface area (Å²) in [4.78, 5) is 0. The van der Waals surface area contributed by atoms with E-state index in [0.29, 0.717) is 6.10 Å². The van der Waals surface area contributed by atoms with Gasteiger partial charge in [-0.2, -0.15) is 0 Å². The van der Waals surface area contributed by atoms with E-state index in [-0.39, 0.29) is 0 Å². The van der Waals surface area contributed by atoms with Crippen molar-refractivity contribution < 1.29 is 4.74 Å². The molecule has 1 aromatic rings. The third-order valence-electron chi connectivity index (χ3n) is 2.17. The van der Waals surface area contributed by atoms with Crippen molar-refractivity contribution in [2.75, 3.05) is 12.4 Å². The molecule has 2 heterocycles. The molecule has 0 radical (unpaired) electrons. The summed E-state index contributed by atoms with van der Waals surface area (Å²) < 4.78 is 7.37. The first kappa shape index (κ1) is 9.92. The van der Waals surface area contributed by atoms with Crippen LogP contribution in [0.4, 0.5) is 0 Å². The molecule has 0 N–H and O–H groups in total. The molecule has 1 saturated heterocycles. The number of ether oxygens (including phenoxy) is 1. The first-order chi connectivity index (χ1) is 6.90. The predicted octanol–water partition coefficient (Wildman–Crippen LogP) is 0.964. The van der Waals surface area contributed by atoms with Crippen molar-refractivity contribution in [1.82, 2.24) is 20.2 Å². The molecule has 14 heavy (non-hydrogen) atoms. The van der Waals surface area contributed by atoms with Crippen molar-refractivity contribution in [3.8, 4) is 0 Å². The van der Waals surface area contributed by atoms with Crippen LogP contribution < -0.4 is 0 Å². The van der Waals surface area contributed by atoms with Crippen molar-refractivity contribution in [1.29, 1.82) is 0 Å². The van der Waals surface area contributed by atoms with Crippen LogP contribution in [-0.2, 0) is 11.3 Å². The molecule has 0 spiro atoms. The quantitative estimate of drug-likeness (QED) is 0.699. The lowest BCUT2D eigenvalue weighted by molar-refractivity contribution is 0.0912. The van der Waals surface area contributed by atoms with E-state index in [4.69, 9.17) is 4.74 Å². The van der Waals surface area contributed by atoms with E-state index >= 15 is 0 Å². The highest BCUT2D eigenvalue weighted by molar-refractivity contribution is 7.99. The Morgan fingerprint density at radius 2 is 2.57 bits per heavy atom. The highest BCUT2D eigenvalue weighted by Crippen LogP contribution is 2.17. The third-order valence-corrected chi connectivity index (χ3v) is 3.01. The van der Waals surface area contributed by atoms with Gasteiger partial charge < -0.3 is 4.74 Å². The fourth-order valence-electron chi connectivity index (χ4n) is 1.52. The van der Waals surface area contributed by atoms with Crippen molar-refractivity contribution in [2.45, 2.75) is 37.6 Å². The lowest BCUT2D eigenvalue weighted by Gasteiger charge is -2.09. The minimum absolute atomic E-state index is 0.301. The zero-order chi connectivity index (χ0) is 9.80. The Kier molecular flexibility index (Phi) is 3.36. The van der Waals surface area contributed by atoms with E-state index in [1.54, 1.807) is 11.8 Å². The van der Waals surface area contributed by atoms with Crippen LogP contribution in [-0.4, -0.2) is 38.7 Å². The first-order valence-corrected chi connectivity index (χ1v) is 5.89. The van der Waals surface area contributed by atoms with Crippen LogP contribution in [0.1, 0.15) is 19.8 Å². The van der Waals surface area contributed by atoms with Gasteiger partial charge in [0.1, 0.15) is 0 Å². The number of hydrogen-bond acceptors (Lipinski definition) is 5. The molecular weight excluding hydrogens is 200 g/mol. The van der Waals surface area contributed by atoms with Crippen LogP contribution in [0.3, 0.4) is 0 Å². The molecule has 0 saturated carbocycles. The summed E-state index contributed by atoms with van der Waals surface area (Å²) in [7, 11) is 0. The number of thioether (sulfide) groups is 1. The van der Waals surface area contributed by atoms with Gasteiger partial charge in [0.15, 0.2) is 0 Å². The van der Waals surface area contributed by atoms with Crippen LogP contribution in [0.2, 0.25) is 0 Å². The maximum atomic E-state index is 5.53. The molecule has 1 atom stereocenters. The van der Waals surface area contributed by atoms with Crippen LogP contribution in [0.15, 0.2) is 5.16 Å². The number of tetrazole rings is 1. The number of nitrogens with zero attached hydrogens (tertiary/aromatic N) is 4. The van der Waals surface area contributed by atoms with Gasteiger partial charge in [-0.15, -0.1) is 5.10 Å². The Morgan fingerprint density at radius 1 is 1.64 bits per heavy atom. The molecule has 78 valence electrons. The Morgan fingerprint density at radius 3 is 3.29 bits per heavy atom. The van der Waals surface area contributed by atoms with Crippen molar-refractivity contribution in [3.05, 3.63) is 0 Å². The van der Waals surface area contributed by atoms with Gasteiger partial charge >= 0.3 is 0 Å². The first-order valence-electron chi connectivity index (χ1n) is 4.90. The largest absolute Gasteiger partial charge is 0.376 e. The zero-order valence-corrected chi connectivity index (χ0v) is 9.03. The van der Waals surface area contributed by atoms with Gasteiger partial charge in [0.25, 0.3) is 0 Å². The lowest BCUT2D eigenvalue weighted by atomic mass is 10.2. The van der Waals surface area contributed by atoms with E-state index in [1.807, 2.05) is 4.68 Å². The number of hydrogen-bond donors (Lipinski definition) is 0. The van der Waals surface area contributed by atoms with Gasteiger partial charge in [-0.05, 0) is 29.0 Å². The summed E-state index contributed by atoms with van der Waals surface area (Å²) >= 11 is 1.66. The van der Waals surface area contributed by atoms with Crippen LogP contribution in [0, 0.1) is 0 Å². The molecule has 0 aromatic carbocycles. The Bertz CT molecular complexity index is 285. The standard InChI is InChI=1S/C8H14N4OS/c1-2-14-8-9-10-11-12(8)6-7-4-3-5-13-7/h7H,2-6H2,1H3. The summed E-state index contributed by atoms with van der Waals surface area (Å²) in [6.07, 6.45) is 2.58. The molecule has 1 unspecified atom stereocenters. The normalized spacial score (nSPS) is 21.6. The molecule has 0 amide bonds. The summed E-state index contributed by atoms with van der Waals surface area (Å²) in [6, 6.07) is 0. The van der Waals surface area contributed by atoms with Crippen molar-refractivity contribution in [2.24, 2.45) is 0 Å². The SMILES string of the molecule is CCSc1nnnn1CC1CCCO1. The highest BCUT2D eigenvalue weighted by Gasteiger charge is 2.18. The summed E-state index contributed by atoms with van der Waals surface area (Å²) in [5.74, 6) is 0.992. The molecule has 0 bridgehead atoms. The number of aromatic nitrogens is 4. The smallest absolute Gasteiger partial charge is 0.209 e. The Hall–Kier alpha value is -0.620. The average Bonchev–Trinajstić information content (AvgIpc) is 2.80. The zero-order valence-electron chi connectivity index (χ0n) is 8.22. The second-order valence-corrected chi connectivity index (χ2v) is 4.44. The average molecular weight is 214 g/mol. The fraction of sp³-hybridized carbons (Fsp3) is 0.875. The second-order valence-electron chi connectivity index (χ2n) is 3.21. The van der Waals surface area contributed by atoms with Crippen LogP contribution in [0.5, 0.6) is 0 Å². The van der Waals surface area contributed by atoms with Gasteiger partial charge in [-0.3, -0.25) is 0 Å². The Labute approximate surface area is 87.2 Å². The molecule has 1 aliphatic rings. The van der Waals surface area contributed by atoms with E-state index in [9.17, 15) is 0 Å². The van der Waals surface area contributed by atoms with Gasteiger partial charge in [0, 0.05) is 6.61 Å². The lowest BCUT2D eigenvalue weighted by Crippen LogP contribution is -2.16. The molecule has 6 heteroatoms. The van der Waals surface area contributed by atoms with E-state index in [0.717, 1.165) is 36.9 Å².